The van der Waals surface area contributed by atoms with Gasteiger partial charge in [0.05, 0.1) is 30.3 Å². The predicted octanol–water partition coefficient (Wildman–Crippen LogP) is 6.17. The lowest BCUT2D eigenvalue weighted by molar-refractivity contribution is -0.137. The van der Waals surface area contributed by atoms with Crippen molar-refractivity contribution in [3.8, 4) is 17.0 Å². The number of nitrogens with zero attached hydrogens (tertiary/aromatic N) is 4. The van der Waals surface area contributed by atoms with Crippen molar-refractivity contribution >= 4 is 17.9 Å². The molecule has 0 amide bonds. The van der Waals surface area contributed by atoms with E-state index in [1.54, 1.807) is 25.4 Å². The summed E-state index contributed by atoms with van der Waals surface area (Å²) in [5, 5.41) is 3.92. The maximum atomic E-state index is 12.7. The van der Waals surface area contributed by atoms with Gasteiger partial charge in [0.2, 0.25) is 5.95 Å². The second-order valence-corrected chi connectivity index (χ2v) is 8.45. The van der Waals surface area contributed by atoms with Crippen molar-refractivity contribution in [3.63, 3.8) is 0 Å². The molecule has 0 fully saturated rings. The molecule has 35 heavy (non-hydrogen) atoms. The number of hydrogen-bond donors (Lipinski definition) is 1. The van der Waals surface area contributed by atoms with Crippen LogP contribution in [0.3, 0.4) is 0 Å². The summed E-state index contributed by atoms with van der Waals surface area (Å²) in [7, 11) is 1.69. The van der Waals surface area contributed by atoms with Gasteiger partial charge in [-0.1, -0.05) is 18.2 Å². The van der Waals surface area contributed by atoms with Crippen LogP contribution in [0.2, 0.25) is 0 Å². The normalized spacial score (nSPS) is 12.7. The van der Waals surface area contributed by atoms with Crippen LogP contribution in [0.5, 0.6) is 5.75 Å². The van der Waals surface area contributed by atoms with Crippen molar-refractivity contribution in [2.24, 2.45) is 7.05 Å². The van der Waals surface area contributed by atoms with Gasteiger partial charge >= 0.3 is 6.18 Å². The van der Waals surface area contributed by atoms with E-state index in [4.69, 9.17) is 4.74 Å². The standard InChI is InChI=1S/C13H12FN3OS.C11H9F3N2/c14-10-7-15-13(16-8-10)17-19-11-4-3-9-2-1-5-18-12(9)6-11;1-16-10(5-6-15-16)8-3-2-4-9(7-8)11(12,13)14/h3-4,6-8H,1-2,5H2,(H,15,16,17);2-7H,1H3. The smallest absolute Gasteiger partial charge is 0.416 e. The number of rotatable bonds is 4. The Morgan fingerprint density at radius 1 is 1.06 bits per heavy atom. The fraction of sp³-hybridized carbons (Fsp3) is 0.208. The molecule has 11 heteroatoms. The number of ether oxygens (including phenoxy) is 1. The van der Waals surface area contributed by atoms with Crippen molar-refractivity contribution in [2.45, 2.75) is 23.9 Å². The summed E-state index contributed by atoms with van der Waals surface area (Å²) in [5.41, 5.74) is 1.76. The lowest BCUT2D eigenvalue weighted by Crippen LogP contribution is -2.08. The molecule has 6 nitrogen and oxygen atoms in total. The summed E-state index contributed by atoms with van der Waals surface area (Å²) in [4.78, 5) is 8.67. The molecule has 0 saturated heterocycles. The highest BCUT2D eigenvalue weighted by molar-refractivity contribution is 8.00. The molecule has 1 aliphatic rings. The van der Waals surface area contributed by atoms with Gasteiger partial charge in [0.15, 0.2) is 5.82 Å². The van der Waals surface area contributed by atoms with E-state index in [-0.39, 0.29) is 0 Å². The minimum absolute atomic E-state index is 0.380. The lowest BCUT2D eigenvalue weighted by Gasteiger charge is -2.17. The minimum atomic E-state index is -4.31. The van der Waals surface area contributed by atoms with Crippen molar-refractivity contribution in [1.82, 2.24) is 19.7 Å². The van der Waals surface area contributed by atoms with Crippen LogP contribution in [-0.2, 0) is 19.6 Å². The summed E-state index contributed by atoms with van der Waals surface area (Å²) in [6, 6.07) is 13.0. The van der Waals surface area contributed by atoms with E-state index in [0.29, 0.717) is 17.2 Å². The summed E-state index contributed by atoms with van der Waals surface area (Å²) >= 11 is 1.37. The van der Waals surface area contributed by atoms with Crippen LogP contribution in [0.4, 0.5) is 23.5 Å². The molecule has 1 N–H and O–H groups in total. The third-order valence-electron chi connectivity index (χ3n) is 5.07. The Morgan fingerprint density at radius 2 is 1.86 bits per heavy atom. The molecular formula is C24H21F4N5OS. The number of nitrogens with one attached hydrogen (secondary N) is 1. The first-order valence-corrected chi connectivity index (χ1v) is 11.4. The molecule has 0 atom stereocenters. The lowest BCUT2D eigenvalue weighted by atomic mass is 10.1. The highest BCUT2D eigenvalue weighted by Gasteiger charge is 2.30. The average molecular weight is 504 g/mol. The first-order chi connectivity index (χ1) is 16.8. The van der Waals surface area contributed by atoms with Gasteiger partial charge < -0.3 is 4.74 Å². The zero-order valence-corrected chi connectivity index (χ0v) is 19.4. The highest BCUT2D eigenvalue weighted by Crippen LogP contribution is 2.32. The number of anilines is 1. The zero-order chi connectivity index (χ0) is 24.8. The van der Waals surface area contributed by atoms with Crippen LogP contribution in [0.15, 0.2) is 72.0 Å². The number of aryl methyl sites for hydroxylation is 2. The number of benzene rings is 2. The second kappa shape index (κ2) is 10.8. The van der Waals surface area contributed by atoms with Crippen LogP contribution in [0, 0.1) is 5.82 Å². The molecule has 0 aliphatic carbocycles. The molecular weight excluding hydrogens is 482 g/mol. The summed E-state index contributed by atoms with van der Waals surface area (Å²) in [5.74, 6) is 0.876. The quantitative estimate of drug-likeness (QED) is 0.266. The Morgan fingerprint density at radius 3 is 2.57 bits per heavy atom. The van der Waals surface area contributed by atoms with Crippen molar-refractivity contribution in [2.75, 3.05) is 11.3 Å². The maximum Gasteiger partial charge on any atom is 0.416 e. The number of fused-ring (bicyclic) bond motifs is 1. The molecule has 2 aromatic carbocycles. The second-order valence-electron chi connectivity index (χ2n) is 7.57. The van der Waals surface area contributed by atoms with Gasteiger partial charge in [0.25, 0.3) is 0 Å². The van der Waals surface area contributed by atoms with Crippen LogP contribution in [-0.4, -0.2) is 26.4 Å². The highest BCUT2D eigenvalue weighted by atomic mass is 32.2. The largest absolute Gasteiger partial charge is 0.493 e. The van der Waals surface area contributed by atoms with Gasteiger partial charge in [-0.3, -0.25) is 9.40 Å². The Bertz CT molecular complexity index is 1280. The van der Waals surface area contributed by atoms with E-state index < -0.39 is 17.6 Å². The number of alkyl halides is 3. The molecule has 5 rings (SSSR count). The fourth-order valence-corrected chi connectivity index (χ4v) is 3.98. The van der Waals surface area contributed by atoms with Crippen LogP contribution < -0.4 is 9.46 Å². The monoisotopic (exact) mass is 503 g/mol. The SMILES string of the molecule is Cn1nccc1-c1cccc(C(F)(F)F)c1.Fc1cnc(NSc2ccc3c(c2)OCCC3)nc1. The van der Waals surface area contributed by atoms with Crippen LogP contribution >= 0.6 is 11.9 Å². The molecule has 1 aliphatic heterocycles. The molecule has 182 valence electrons. The molecule has 0 spiro atoms. The van der Waals surface area contributed by atoms with Crippen molar-refractivity contribution < 1.29 is 22.3 Å². The van der Waals surface area contributed by atoms with Gasteiger partial charge in [0.1, 0.15) is 5.75 Å². The van der Waals surface area contributed by atoms with Gasteiger partial charge in [-0.15, -0.1) is 0 Å². The Labute approximate surface area is 203 Å². The third kappa shape index (κ3) is 6.50. The Hall–Kier alpha value is -3.60. The average Bonchev–Trinajstić information content (AvgIpc) is 3.29. The van der Waals surface area contributed by atoms with Gasteiger partial charge in [-0.25, -0.2) is 14.4 Å². The predicted molar refractivity (Wildman–Crippen MR) is 125 cm³/mol. The Kier molecular flexibility index (Phi) is 7.54. The summed E-state index contributed by atoms with van der Waals surface area (Å²) in [6.07, 6.45) is 1.64. The molecule has 0 bridgehead atoms. The molecule has 0 unspecified atom stereocenters. The number of hydrogen-bond acceptors (Lipinski definition) is 6. The van der Waals surface area contributed by atoms with Gasteiger partial charge in [-0.05, 0) is 60.7 Å². The van der Waals surface area contributed by atoms with Crippen LogP contribution in [0.25, 0.3) is 11.3 Å². The minimum Gasteiger partial charge on any atom is -0.493 e. The number of halogens is 4. The molecule has 0 radical (unpaired) electrons. The van der Waals surface area contributed by atoms with E-state index >= 15 is 0 Å². The molecule has 3 heterocycles. The maximum absolute atomic E-state index is 12.7. The topological polar surface area (TPSA) is 64.9 Å². The van der Waals surface area contributed by atoms with Gasteiger partial charge in [-0.2, -0.15) is 18.3 Å². The van der Waals surface area contributed by atoms with Crippen molar-refractivity contribution in [3.05, 3.63) is 84.1 Å². The van der Waals surface area contributed by atoms with E-state index in [0.717, 1.165) is 54.6 Å². The first kappa shape index (κ1) is 24.5. The van der Waals surface area contributed by atoms with Gasteiger partial charge in [0, 0.05) is 23.7 Å². The molecule has 4 aromatic rings. The molecule has 2 aromatic heterocycles. The summed E-state index contributed by atoms with van der Waals surface area (Å²) < 4.78 is 60.2. The summed E-state index contributed by atoms with van der Waals surface area (Å²) in [6.45, 7) is 0.773. The van der Waals surface area contributed by atoms with E-state index in [1.165, 1.54) is 28.3 Å². The van der Waals surface area contributed by atoms with E-state index in [9.17, 15) is 17.6 Å². The third-order valence-corrected chi connectivity index (χ3v) is 5.85. The zero-order valence-electron chi connectivity index (χ0n) is 18.6. The molecule has 0 saturated carbocycles. The van der Waals surface area contributed by atoms with E-state index in [1.807, 2.05) is 12.1 Å². The van der Waals surface area contributed by atoms with E-state index in [2.05, 4.69) is 25.9 Å². The first-order valence-electron chi connectivity index (χ1n) is 10.6. The Balaban J connectivity index is 0.000000168. The number of aromatic nitrogens is 4. The fourth-order valence-electron chi connectivity index (χ4n) is 3.37. The van der Waals surface area contributed by atoms with Crippen LogP contribution in [0.1, 0.15) is 17.5 Å². The van der Waals surface area contributed by atoms with Crippen molar-refractivity contribution in [1.29, 1.82) is 0 Å².